The van der Waals surface area contributed by atoms with Crippen LogP contribution in [-0.4, -0.2) is 16.5 Å². The Bertz CT molecular complexity index is 605. The number of aromatic nitrogens is 2. The van der Waals surface area contributed by atoms with Crippen molar-refractivity contribution in [3.8, 4) is 11.6 Å². The Hall–Kier alpha value is -1.52. The zero-order chi connectivity index (χ0) is 14.5. The minimum absolute atomic E-state index is 0.371. The molecule has 1 heterocycles. The minimum atomic E-state index is 0.371. The molecule has 0 saturated carbocycles. The lowest BCUT2D eigenvalue weighted by Gasteiger charge is -2.12. The lowest BCUT2D eigenvalue weighted by atomic mass is 10.3. The number of hydrogen-bond donors (Lipinski definition) is 1. The number of nitrogens with zero attached hydrogens (tertiary/aromatic N) is 2. The highest BCUT2D eigenvalue weighted by molar-refractivity contribution is 6.42. The number of rotatable bonds is 5. The maximum Gasteiger partial charge on any atom is 0.227 e. The predicted octanol–water partition coefficient (Wildman–Crippen LogP) is 4.71. The largest absolute Gasteiger partial charge is 0.437 e. The number of halogens is 2. The first-order chi connectivity index (χ1) is 9.63. The molecule has 0 bridgehead atoms. The molecule has 0 unspecified atom stereocenters. The molecule has 106 valence electrons. The fraction of sp³-hybridized carbons (Fsp3) is 0.286. The molecule has 0 fully saturated rings. The maximum atomic E-state index is 6.10. The zero-order valence-electron chi connectivity index (χ0n) is 11.3. The summed E-state index contributed by atoms with van der Waals surface area (Å²) in [6.45, 7) is 4.83. The Balaban J connectivity index is 2.27. The van der Waals surface area contributed by atoms with E-state index in [9.17, 15) is 0 Å². The van der Waals surface area contributed by atoms with Crippen LogP contribution < -0.4 is 10.1 Å². The van der Waals surface area contributed by atoms with Crippen LogP contribution in [0.4, 0.5) is 5.82 Å². The molecule has 1 aromatic heterocycles. The molecule has 0 saturated heterocycles. The first-order valence-corrected chi connectivity index (χ1v) is 7.06. The molecule has 2 aromatic rings. The van der Waals surface area contributed by atoms with Gasteiger partial charge >= 0.3 is 0 Å². The highest BCUT2D eigenvalue weighted by atomic mass is 35.5. The molecule has 0 aliphatic heterocycles. The smallest absolute Gasteiger partial charge is 0.227 e. The molecule has 6 heteroatoms. The van der Waals surface area contributed by atoms with Crippen LogP contribution in [0.15, 0.2) is 24.5 Å². The van der Waals surface area contributed by atoms with Crippen LogP contribution in [-0.2, 0) is 0 Å². The van der Waals surface area contributed by atoms with Crippen LogP contribution in [0.1, 0.15) is 18.9 Å². The third-order valence-electron chi connectivity index (χ3n) is 2.70. The van der Waals surface area contributed by atoms with Gasteiger partial charge in [0.15, 0.2) is 0 Å². The summed E-state index contributed by atoms with van der Waals surface area (Å²) < 4.78 is 5.73. The Morgan fingerprint density at radius 3 is 2.80 bits per heavy atom. The minimum Gasteiger partial charge on any atom is -0.437 e. The molecule has 0 radical (unpaired) electrons. The zero-order valence-corrected chi connectivity index (χ0v) is 12.8. The summed E-state index contributed by atoms with van der Waals surface area (Å²) >= 11 is 12.1. The van der Waals surface area contributed by atoms with Gasteiger partial charge in [-0.2, -0.15) is 0 Å². The van der Waals surface area contributed by atoms with E-state index >= 15 is 0 Å². The fourth-order valence-electron chi connectivity index (χ4n) is 1.63. The van der Waals surface area contributed by atoms with E-state index in [1.165, 1.54) is 6.33 Å². The summed E-state index contributed by atoms with van der Waals surface area (Å²) in [6, 6.07) is 5.23. The van der Waals surface area contributed by atoms with E-state index in [1.54, 1.807) is 18.2 Å². The topological polar surface area (TPSA) is 47.0 Å². The van der Waals surface area contributed by atoms with Gasteiger partial charge < -0.3 is 10.1 Å². The second-order valence-corrected chi connectivity index (χ2v) is 5.02. The second-order valence-electron chi connectivity index (χ2n) is 4.23. The molecule has 20 heavy (non-hydrogen) atoms. The van der Waals surface area contributed by atoms with Gasteiger partial charge in [-0.05, 0) is 25.5 Å². The van der Waals surface area contributed by atoms with E-state index in [4.69, 9.17) is 27.9 Å². The summed E-state index contributed by atoms with van der Waals surface area (Å²) in [6.07, 6.45) is 2.47. The number of nitrogens with one attached hydrogen (secondary N) is 1. The van der Waals surface area contributed by atoms with Crippen molar-refractivity contribution >= 4 is 29.0 Å². The summed E-state index contributed by atoms with van der Waals surface area (Å²) in [7, 11) is 0. The van der Waals surface area contributed by atoms with Crippen molar-refractivity contribution in [3.05, 3.63) is 40.1 Å². The van der Waals surface area contributed by atoms with Gasteiger partial charge in [0.2, 0.25) is 5.88 Å². The Labute approximate surface area is 128 Å². The third-order valence-corrected chi connectivity index (χ3v) is 3.50. The average Bonchev–Trinajstić information content (AvgIpc) is 2.44. The van der Waals surface area contributed by atoms with Gasteiger partial charge in [0.1, 0.15) is 22.9 Å². The Morgan fingerprint density at radius 1 is 1.25 bits per heavy atom. The molecule has 1 aromatic carbocycles. The molecule has 2 rings (SSSR count). The monoisotopic (exact) mass is 311 g/mol. The lowest BCUT2D eigenvalue weighted by molar-refractivity contribution is 0.458. The summed E-state index contributed by atoms with van der Waals surface area (Å²) in [4.78, 5) is 8.33. The van der Waals surface area contributed by atoms with Crippen molar-refractivity contribution in [3.63, 3.8) is 0 Å². The Morgan fingerprint density at radius 2 is 2.05 bits per heavy atom. The summed E-state index contributed by atoms with van der Waals surface area (Å²) in [5, 5.41) is 4.04. The van der Waals surface area contributed by atoms with Crippen molar-refractivity contribution in [1.29, 1.82) is 0 Å². The lowest BCUT2D eigenvalue weighted by Crippen LogP contribution is -2.05. The quantitative estimate of drug-likeness (QED) is 0.869. The molecule has 0 amide bonds. The summed E-state index contributed by atoms with van der Waals surface area (Å²) in [5.74, 6) is 1.69. The molecule has 0 aliphatic rings. The molecule has 0 atom stereocenters. The van der Waals surface area contributed by atoms with E-state index in [1.807, 2.05) is 6.92 Å². The van der Waals surface area contributed by atoms with E-state index in [0.717, 1.165) is 24.3 Å². The van der Waals surface area contributed by atoms with E-state index in [2.05, 4.69) is 22.2 Å². The predicted molar refractivity (Wildman–Crippen MR) is 82.1 cm³/mol. The third kappa shape index (κ3) is 3.32. The molecule has 4 nitrogen and oxygen atoms in total. The maximum absolute atomic E-state index is 6.10. The normalized spacial score (nSPS) is 10.4. The van der Waals surface area contributed by atoms with Crippen LogP contribution in [0.3, 0.4) is 0 Å². The second kappa shape index (κ2) is 6.77. The van der Waals surface area contributed by atoms with Crippen LogP contribution >= 0.6 is 23.2 Å². The van der Waals surface area contributed by atoms with Crippen LogP contribution in [0, 0.1) is 6.92 Å². The molecule has 1 N–H and O–H groups in total. The highest BCUT2D eigenvalue weighted by Gasteiger charge is 2.12. The highest BCUT2D eigenvalue weighted by Crippen LogP contribution is 2.35. The SMILES string of the molecule is CCCNc1ncnc(Oc2cccc(Cl)c2Cl)c1C. The summed E-state index contributed by atoms with van der Waals surface area (Å²) in [5.41, 5.74) is 0.831. The van der Waals surface area contributed by atoms with Gasteiger partial charge in [-0.15, -0.1) is 0 Å². The van der Waals surface area contributed by atoms with Gasteiger partial charge in [-0.25, -0.2) is 9.97 Å². The number of ether oxygens (including phenoxy) is 1. The van der Waals surface area contributed by atoms with Gasteiger partial charge in [0.25, 0.3) is 0 Å². The first-order valence-electron chi connectivity index (χ1n) is 6.30. The van der Waals surface area contributed by atoms with Crippen molar-refractivity contribution in [2.75, 3.05) is 11.9 Å². The molecular formula is C14H15Cl2N3O. The van der Waals surface area contributed by atoms with Crippen LogP contribution in [0.25, 0.3) is 0 Å². The Kier molecular flexibility index (Phi) is 5.04. The fourth-order valence-corrected chi connectivity index (χ4v) is 1.96. The number of anilines is 1. The van der Waals surface area contributed by atoms with E-state index < -0.39 is 0 Å². The van der Waals surface area contributed by atoms with Gasteiger partial charge in [0.05, 0.1) is 10.6 Å². The van der Waals surface area contributed by atoms with E-state index in [-0.39, 0.29) is 0 Å². The number of benzene rings is 1. The van der Waals surface area contributed by atoms with Gasteiger partial charge in [-0.1, -0.05) is 36.2 Å². The number of hydrogen-bond acceptors (Lipinski definition) is 4. The van der Waals surface area contributed by atoms with Crippen molar-refractivity contribution in [1.82, 2.24) is 9.97 Å². The van der Waals surface area contributed by atoms with Gasteiger partial charge in [-0.3, -0.25) is 0 Å². The average molecular weight is 312 g/mol. The van der Waals surface area contributed by atoms with Crippen molar-refractivity contribution in [2.45, 2.75) is 20.3 Å². The van der Waals surface area contributed by atoms with E-state index in [0.29, 0.717) is 21.7 Å². The molecule has 0 spiro atoms. The first kappa shape index (κ1) is 14.9. The van der Waals surface area contributed by atoms with Crippen molar-refractivity contribution < 1.29 is 4.74 Å². The molecule has 0 aliphatic carbocycles. The standard InChI is InChI=1S/C14H15Cl2N3O/c1-3-7-17-13-9(2)14(19-8-18-13)20-11-6-4-5-10(15)12(11)16/h4-6,8H,3,7H2,1-2H3,(H,17,18,19). The van der Waals surface area contributed by atoms with Gasteiger partial charge in [0, 0.05) is 6.54 Å². The molecular weight excluding hydrogens is 297 g/mol. The van der Waals surface area contributed by atoms with Crippen LogP contribution in [0.5, 0.6) is 11.6 Å². The van der Waals surface area contributed by atoms with Crippen molar-refractivity contribution in [2.24, 2.45) is 0 Å². The van der Waals surface area contributed by atoms with Crippen LogP contribution in [0.2, 0.25) is 10.0 Å².